The number of rotatable bonds is 2. The summed E-state index contributed by atoms with van der Waals surface area (Å²) < 4.78 is 5.47. The molecule has 0 unspecified atom stereocenters. The van der Waals surface area contributed by atoms with Gasteiger partial charge in [-0.05, 0) is 42.0 Å². The van der Waals surface area contributed by atoms with Crippen molar-refractivity contribution in [3.05, 3.63) is 47.0 Å². The number of nitrogens with two attached hydrogens (primary N) is 1. The van der Waals surface area contributed by atoms with Crippen molar-refractivity contribution in [3.63, 3.8) is 0 Å². The Balaban J connectivity index is 1.88. The van der Waals surface area contributed by atoms with Crippen LogP contribution >= 0.6 is 11.6 Å². The first kappa shape index (κ1) is 11.2. The molecule has 0 saturated carbocycles. The molecule has 0 fully saturated rings. The second-order valence-corrected chi connectivity index (χ2v) is 4.71. The number of hydrogen-bond donors (Lipinski definition) is 2. The summed E-state index contributed by atoms with van der Waals surface area (Å²) in [6, 6.07) is 11.5. The van der Waals surface area contributed by atoms with Gasteiger partial charge in [-0.3, -0.25) is 0 Å². The third kappa shape index (κ3) is 2.09. The molecule has 18 heavy (non-hydrogen) atoms. The first-order chi connectivity index (χ1) is 8.72. The van der Waals surface area contributed by atoms with E-state index in [-0.39, 0.29) is 0 Å². The summed E-state index contributed by atoms with van der Waals surface area (Å²) in [5.41, 5.74) is 9.64. The minimum Gasteiger partial charge on any atom is -0.493 e. The van der Waals surface area contributed by atoms with Crippen molar-refractivity contribution in [2.24, 2.45) is 0 Å². The predicted octanol–water partition coefficient (Wildman–Crippen LogP) is 3.60. The van der Waals surface area contributed by atoms with Gasteiger partial charge < -0.3 is 15.8 Å². The van der Waals surface area contributed by atoms with Crippen LogP contribution in [0, 0.1) is 0 Å². The molecule has 2 aromatic carbocycles. The lowest BCUT2D eigenvalue weighted by Crippen LogP contribution is -1.96. The summed E-state index contributed by atoms with van der Waals surface area (Å²) in [5, 5.41) is 3.93. The average Bonchev–Trinajstić information content (AvgIpc) is 2.80. The van der Waals surface area contributed by atoms with Gasteiger partial charge in [0.25, 0.3) is 0 Å². The van der Waals surface area contributed by atoms with E-state index in [0.29, 0.717) is 10.7 Å². The van der Waals surface area contributed by atoms with Crippen molar-refractivity contribution in [1.29, 1.82) is 0 Å². The van der Waals surface area contributed by atoms with E-state index in [1.807, 2.05) is 24.3 Å². The Bertz CT molecular complexity index is 598. The smallest absolute Gasteiger partial charge is 0.122 e. The van der Waals surface area contributed by atoms with Crippen LogP contribution in [-0.2, 0) is 6.42 Å². The average molecular weight is 261 g/mol. The maximum Gasteiger partial charge on any atom is 0.122 e. The summed E-state index contributed by atoms with van der Waals surface area (Å²) in [5.74, 6) is 0.977. The molecule has 0 radical (unpaired) electrons. The van der Waals surface area contributed by atoms with Gasteiger partial charge in [0.05, 0.1) is 18.0 Å². The normalized spacial score (nSPS) is 12.9. The molecule has 2 aromatic rings. The lowest BCUT2D eigenvalue weighted by atomic mass is 10.1. The fourth-order valence-corrected chi connectivity index (χ4v) is 2.25. The molecule has 0 bridgehead atoms. The van der Waals surface area contributed by atoms with E-state index in [1.165, 1.54) is 5.56 Å². The van der Waals surface area contributed by atoms with Crippen molar-refractivity contribution in [3.8, 4) is 5.75 Å². The zero-order chi connectivity index (χ0) is 12.5. The highest BCUT2D eigenvalue weighted by Crippen LogP contribution is 2.31. The molecular weight excluding hydrogens is 248 g/mol. The monoisotopic (exact) mass is 260 g/mol. The molecule has 3 nitrogen and oxygen atoms in total. The van der Waals surface area contributed by atoms with Crippen LogP contribution in [0.15, 0.2) is 36.4 Å². The van der Waals surface area contributed by atoms with Gasteiger partial charge in [-0.25, -0.2) is 0 Å². The maximum atomic E-state index is 5.91. The number of nitrogen functional groups attached to an aromatic ring is 1. The number of benzene rings is 2. The quantitative estimate of drug-likeness (QED) is 0.811. The third-order valence-corrected chi connectivity index (χ3v) is 3.22. The Morgan fingerprint density at radius 1 is 1.17 bits per heavy atom. The molecule has 1 aliphatic heterocycles. The molecule has 92 valence electrons. The molecule has 1 heterocycles. The Morgan fingerprint density at radius 3 is 2.89 bits per heavy atom. The highest BCUT2D eigenvalue weighted by molar-refractivity contribution is 6.31. The Hall–Kier alpha value is -1.87. The van der Waals surface area contributed by atoms with Crippen LogP contribution in [0.2, 0.25) is 5.02 Å². The Kier molecular flexibility index (Phi) is 2.76. The predicted molar refractivity (Wildman–Crippen MR) is 74.8 cm³/mol. The van der Waals surface area contributed by atoms with Crippen molar-refractivity contribution in [1.82, 2.24) is 0 Å². The van der Waals surface area contributed by atoms with Gasteiger partial charge in [0, 0.05) is 17.1 Å². The standard InChI is InChI=1S/C14H13ClN2O/c15-10-1-3-13(12(16)8-10)17-11-2-4-14-9(7-11)5-6-18-14/h1-4,7-8,17H,5-6,16H2. The van der Waals surface area contributed by atoms with E-state index in [0.717, 1.165) is 30.2 Å². The fourth-order valence-electron chi connectivity index (χ4n) is 2.07. The lowest BCUT2D eigenvalue weighted by molar-refractivity contribution is 0.357. The zero-order valence-corrected chi connectivity index (χ0v) is 10.5. The summed E-state index contributed by atoms with van der Waals surface area (Å²) in [6.45, 7) is 0.766. The maximum absolute atomic E-state index is 5.91. The topological polar surface area (TPSA) is 47.3 Å². The largest absolute Gasteiger partial charge is 0.493 e. The molecule has 0 aromatic heterocycles. The second kappa shape index (κ2) is 4.42. The Labute approximate surface area is 111 Å². The minimum absolute atomic E-state index is 0.638. The minimum atomic E-state index is 0.638. The molecule has 3 rings (SSSR count). The van der Waals surface area contributed by atoms with E-state index in [2.05, 4.69) is 11.4 Å². The molecular formula is C14H13ClN2O. The van der Waals surface area contributed by atoms with Crippen LogP contribution in [0.25, 0.3) is 0 Å². The number of ether oxygens (including phenoxy) is 1. The van der Waals surface area contributed by atoms with Gasteiger partial charge in [0.1, 0.15) is 5.75 Å². The van der Waals surface area contributed by atoms with Crippen molar-refractivity contribution >= 4 is 28.7 Å². The van der Waals surface area contributed by atoms with E-state index >= 15 is 0 Å². The van der Waals surface area contributed by atoms with Gasteiger partial charge >= 0.3 is 0 Å². The molecule has 0 aliphatic carbocycles. The fraction of sp³-hybridized carbons (Fsp3) is 0.143. The van der Waals surface area contributed by atoms with E-state index in [1.54, 1.807) is 6.07 Å². The zero-order valence-electron chi connectivity index (χ0n) is 9.74. The SMILES string of the molecule is Nc1cc(Cl)ccc1Nc1ccc2c(c1)CCO2. The molecule has 1 aliphatic rings. The highest BCUT2D eigenvalue weighted by atomic mass is 35.5. The van der Waals surface area contributed by atoms with Gasteiger partial charge in [0.15, 0.2) is 0 Å². The number of halogens is 1. The van der Waals surface area contributed by atoms with Crippen LogP contribution in [0.1, 0.15) is 5.56 Å². The summed E-state index contributed by atoms with van der Waals surface area (Å²) in [7, 11) is 0. The van der Waals surface area contributed by atoms with E-state index in [9.17, 15) is 0 Å². The van der Waals surface area contributed by atoms with Gasteiger partial charge in [-0.2, -0.15) is 0 Å². The first-order valence-corrected chi connectivity index (χ1v) is 6.18. The summed E-state index contributed by atoms with van der Waals surface area (Å²) in [4.78, 5) is 0. The molecule has 3 N–H and O–H groups in total. The van der Waals surface area contributed by atoms with E-state index in [4.69, 9.17) is 22.1 Å². The van der Waals surface area contributed by atoms with E-state index < -0.39 is 0 Å². The molecule has 0 atom stereocenters. The summed E-state index contributed by atoms with van der Waals surface area (Å²) in [6.07, 6.45) is 0.959. The number of fused-ring (bicyclic) bond motifs is 1. The van der Waals surface area contributed by atoms with Crippen molar-refractivity contribution in [2.75, 3.05) is 17.7 Å². The van der Waals surface area contributed by atoms with Gasteiger partial charge in [-0.1, -0.05) is 11.6 Å². The van der Waals surface area contributed by atoms with Gasteiger partial charge in [-0.15, -0.1) is 0 Å². The molecule has 0 spiro atoms. The number of anilines is 3. The van der Waals surface area contributed by atoms with Crippen LogP contribution in [0.4, 0.5) is 17.1 Å². The van der Waals surface area contributed by atoms with Crippen LogP contribution in [0.3, 0.4) is 0 Å². The van der Waals surface area contributed by atoms with Crippen LogP contribution < -0.4 is 15.8 Å². The molecule has 0 amide bonds. The van der Waals surface area contributed by atoms with Crippen LogP contribution in [-0.4, -0.2) is 6.61 Å². The third-order valence-electron chi connectivity index (χ3n) is 2.98. The van der Waals surface area contributed by atoms with Crippen LogP contribution in [0.5, 0.6) is 5.75 Å². The number of nitrogens with one attached hydrogen (secondary N) is 1. The molecule has 4 heteroatoms. The first-order valence-electron chi connectivity index (χ1n) is 5.80. The van der Waals surface area contributed by atoms with Gasteiger partial charge in [0.2, 0.25) is 0 Å². The Morgan fingerprint density at radius 2 is 2.06 bits per heavy atom. The van der Waals surface area contributed by atoms with Crippen molar-refractivity contribution in [2.45, 2.75) is 6.42 Å². The number of hydrogen-bond acceptors (Lipinski definition) is 3. The van der Waals surface area contributed by atoms with Crippen molar-refractivity contribution < 1.29 is 4.74 Å². The summed E-state index contributed by atoms with van der Waals surface area (Å²) >= 11 is 5.87. The lowest BCUT2D eigenvalue weighted by Gasteiger charge is -2.10. The second-order valence-electron chi connectivity index (χ2n) is 4.28. The molecule has 0 saturated heterocycles. The highest BCUT2D eigenvalue weighted by Gasteiger charge is 2.12.